The summed E-state index contributed by atoms with van der Waals surface area (Å²) in [5, 5.41) is 0. The molecule has 1 fully saturated rings. The Labute approximate surface area is 87.9 Å². The molecule has 15 heavy (non-hydrogen) atoms. The smallest absolute Gasteiger partial charge is 0.123 e. The number of halogens is 1. The van der Waals surface area contributed by atoms with E-state index in [-0.39, 0.29) is 5.82 Å². The van der Waals surface area contributed by atoms with Crippen molar-refractivity contribution in [1.82, 2.24) is 0 Å². The number of hydrogen-bond acceptors (Lipinski definition) is 3. The molecule has 0 aromatic heterocycles. The van der Waals surface area contributed by atoms with Crippen molar-refractivity contribution in [2.24, 2.45) is 5.90 Å². The summed E-state index contributed by atoms with van der Waals surface area (Å²) in [5.74, 6) is 5.43. The minimum Gasteiger partial charge on any atom is -0.490 e. The minimum absolute atomic E-state index is 0.259. The number of ether oxygens (including phenoxy) is 1. The van der Waals surface area contributed by atoms with E-state index in [4.69, 9.17) is 10.6 Å². The summed E-state index contributed by atoms with van der Waals surface area (Å²) in [6.45, 7) is 0.366. The standard InChI is InChI=1S/C11H14FNO2/c12-9-1-4-11(15-10-2-3-10)8(7-9)5-6-14-13/h1,4,7,10H,2-3,5-6,13H2. The van der Waals surface area contributed by atoms with E-state index in [1.54, 1.807) is 6.07 Å². The first kappa shape index (κ1) is 10.4. The molecule has 0 aliphatic heterocycles. The Morgan fingerprint density at radius 3 is 2.87 bits per heavy atom. The van der Waals surface area contributed by atoms with Crippen molar-refractivity contribution >= 4 is 0 Å². The van der Waals surface area contributed by atoms with Crippen LogP contribution in [0.25, 0.3) is 0 Å². The highest BCUT2D eigenvalue weighted by atomic mass is 19.1. The summed E-state index contributed by atoms with van der Waals surface area (Å²) in [5.41, 5.74) is 0.812. The zero-order valence-corrected chi connectivity index (χ0v) is 8.41. The van der Waals surface area contributed by atoms with Gasteiger partial charge in [-0.1, -0.05) is 0 Å². The predicted molar refractivity (Wildman–Crippen MR) is 53.9 cm³/mol. The largest absolute Gasteiger partial charge is 0.490 e. The van der Waals surface area contributed by atoms with Gasteiger partial charge in [-0.3, -0.25) is 0 Å². The molecule has 2 rings (SSSR count). The molecule has 1 aliphatic carbocycles. The van der Waals surface area contributed by atoms with Crippen LogP contribution in [0.1, 0.15) is 18.4 Å². The van der Waals surface area contributed by atoms with Gasteiger partial charge in [0.1, 0.15) is 11.6 Å². The number of nitrogens with two attached hydrogens (primary N) is 1. The van der Waals surface area contributed by atoms with Crippen molar-refractivity contribution in [2.45, 2.75) is 25.4 Å². The number of hydrogen-bond donors (Lipinski definition) is 1. The summed E-state index contributed by atoms with van der Waals surface area (Å²) in [7, 11) is 0. The second kappa shape index (κ2) is 4.59. The highest BCUT2D eigenvalue weighted by Crippen LogP contribution is 2.29. The molecule has 0 bridgehead atoms. The topological polar surface area (TPSA) is 44.5 Å². The maximum absolute atomic E-state index is 13.0. The van der Waals surface area contributed by atoms with Gasteiger partial charge in [-0.05, 0) is 36.6 Å². The van der Waals surface area contributed by atoms with Crippen molar-refractivity contribution in [1.29, 1.82) is 0 Å². The second-order valence-corrected chi connectivity index (χ2v) is 3.69. The lowest BCUT2D eigenvalue weighted by Crippen LogP contribution is -2.06. The van der Waals surface area contributed by atoms with E-state index >= 15 is 0 Å². The van der Waals surface area contributed by atoms with Gasteiger partial charge >= 0.3 is 0 Å². The maximum Gasteiger partial charge on any atom is 0.123 e. The van der Waals surface area contributed by atoms with Crippen LogP contribution in [0.4, 0.5) is 4.39 Å². The SMILES string of the molecule is NOCCc1cc(F)ccc1OC1CC1. The van der Waals surface area contributed by atoms with Gasteiger partial charge < -0.3 is 9.57 Å². The molecule has 3 nitrogen and oxygen atoms in total. The fourth-order valence-electron chi connectivity index (χ4n) is 1.39. The molecular weight excluding hydrogens is 197 g/mol. The molecule has 0 spiro atoms. The molecular formula is C11H14FNO2. The number of benzene rings is 1. The van der Waals surface area contributed by atoms with Crippen LogP contribution in [0.15, 0.2) is 18.2 Å². The first-order valence-electron chi connectivity index (χ1n) is 5.06. The quantitative estimate of drug-likeness (QED) is 0.755. The maximum atomic E-state index is 13.0. The summed E-state index contributed by atoms with van der Waals surface area (Å²) < 4.78 is 18.6. The summed E-state index contributed by atoms with van der Waals surface area (Å²) in [4.78, 5) is 4.48. The van der Waals surface area contributed by atoms with Crippen molar-refractivity contribution in [3.8, 4) is 5.75 Å². The van der Waals surface area contributed by atoms with Gasteiger partial charge in [-0.25, -0.2) is 10.3 Å². The normalized spacial score (nSPS) is 15.3. The van der Waals surface area contributed by atoms with Crippen molar-refractivity contribution in [2.75, 3.05) is 6.61 Å². The highest BCUT2D eigenvalue weighted by molar-refractivity contribution is 5.34. The van der Waals surface area contributed by atoms with E-state index < -0.39 is 0 Å². The van der Waals surface area contributed by atoms with Crippen LogP contribution >= 0.6 is 0 Å². The van der Waals surface area contributed by atoms with Crippen LogP contribution in [-0.4, -0.2) is 12.7 Å². The zero-order chi connectivity index (χ0) is 10.7. The van der Waals surface area contributed by atoms with Crippen LogP contribution in [-0.2, 0) is 11.3 Å². The first-order chi connectivity index (χ1) is 7.29. The molecule has 4 heteroatoms. The molecule has 1 aromatic rings. The Bertz CT molecular complexity index is 339. The first-order valence-corrected chi connectivity index (χ1v) is 5.06. The fourth-order valence-corrected chi connectivity index (χ4v) is 1.39. The Morgan fingerprint density at radius 1 is 1.40 bits per heavy atom. The molecule has 2 N–H and O–H groups in total. The second-order valence-electron chi connectivity index (χ2n) is 3.69. The average molecular weight is 211 g/mol. The molecule has 1 saturated carbocycles. The van der Waals surface area contributed by atoms with Crippen LogP contribution in [0.3, 0.4) is 0 Å². The highest BCUT2D eigenvalue weighted by Gasteiger charge is 2.24. The zero-order valence-electron chi connectivity index (χ0n) is 8.41. The van der Waals surface area contributed by atoms with Gasteiger partial charge in [0, 0.05) is 6.42 Å². The third-order valence-corrected chi connectivity index (χ3v) is 2.33. The van der Waals surface area contributed by atoms with Crippen LogP contribution in [0.5, 0.6) is 5.75 Å². The lowest BCUT2D eigenvalue weighted by molar-refractivity contribution is 0.140. The van der Waals surface area contributed by atoms with Gasteiger partial charge in [0.15, 0.2) is 0 Å². The molecule has 1 aliphatic rings. The van der Waals surface area contributed by atoms with Crippen molar-refractivity contribution in [3.05, 3.63) is 29.6 Å². The molecule has 82 valence electrons. The van der Waals surface area contributed by atoms with Crippen LogP contribution in [0, 0.1) is 5.82 Å². The van der Waals surface area contributed by atoms with Crippen molar-refractivity contribution < 1.29 is 14.0 Å². The van der Waals surface area contributed by atoms with Gasteiger partial charge in [-0.15, -0.1) is 0 Å². The Kier molecular flexibility index (Phi) is 3.18. The fraction of sp³-hybridized carbons (Fsp3) is 0.455. The molecule has 0 heterocycles. The molecule has 0 amide bonds. The molecule has 0 atom stereocenters. The van der Waals surface area contributed by atoms with Gasteiger partial charge in [0.25, 0.3) is 0 Å². The van der Waals surface area contributed by atoms with Crippen LogP contribution in [0.2, 0.25) is 0 Å². The lowest BCUT2D eigenvalue weighted by Gasteiger charge is -2.10. The molecule has 0 saturated heterocycles. The van der Waals surface area contributed by atoms with Gasteiger partial charge in [0.05, 0.1) is 12.7 Å². The lowest BCUT2D eigenvalue weighted by atomic mass is 10.1. The summed E-state index contributed by atoms with van der Waals surface area (Å²) >= 11 is 0. The van der Waals surface area contributed by atoms with E-state index in [0.717, 1.165) is 24.2 Å². The molecule has 1 aromatic carbocycles. The van der Waals surface area contributed by atoms with Crippen molar-refractivity contribution in [3.63, 3.8) is 0 Å². The molecule has 0 radical (unpaired) electrons. The Balaban J connectivity index is 2.10. The van der Waals surface area contributed by atoms with E-state index in [0.29, 0.717) is 19.1 Å². The van der Waals surface area contributed by atoms with E-state index in [2.05, 4.69) is 4.84 Å². The van der Waals surface area contributed by atoms with E-state index in [1.807, 2.05) is 0 Å². The monoisotopic (exact) mass is 211 g/mol. The summed E-state index contributed by atoms with van der Waals surface area (Å²) in [6.07, 6.45) is 3.05. The average Bonchev–Trinajstić information content (AvgIpc) is 3.02. The van der Waals surface area contributed by atoms with Gasteiger partial charge in [-0.2, -0.15) is 0 Å². The van der Waals surface area contributed by atoms with E-state index in [9.17, 15) is 4.39 Å². The number of rotatable bonds is 5. The predicted octanol–water partition coefficient (Wildman–Crippen LogP) is 1.80. The third kappa shape index (κ3) is 2.91. The summed E-state index contributed by atoms with van der Waals surface area (Å²) in [6, 6.07) is 4.54. The Morgan fingerprint density at radius 2 is 2.20 bits per heavy atom. The third-order valence-electron chi connectivity index (χ3n) is 2.33. The van der Waals surface area contributed by atoms with Gasteiger partial charge in [0.2, 0.25) is 0 Å². The Hall–Kier alpha value is -1.13. The minimum atomic E-state index is -0.259. The van der Waals surface area contributed by atoms with E-state index in [1.165, 1.54) is 12.1 Å². The molecule has 0 unspecified atom stereocenters. The van der Waals surface area contributed by atoms with Crippen LogP contribution < -0.4 is 10.6 Å².